The van der Waals surface area contributed by atoms with Gasteiger partial charge in [0.05, 0.1) is 16.5 Å². The van der Waals surface area contributed by atoms with Crippen LogP contribution in [0.25, 0.3) is 0 Å². The van der Waals surface area contributed by atoms with Crippen molar-refractivity contribution < 1.29 is 4.21 Å². The third kappa shape index (κ3) is 1.38. The first-order valence-corrected chi connectivity index (χ1v) is 7.58. The molecule has 1 N–H and O–H groups in total. The van der Waals surface area contributed by atoms with E-state index in [2.05, 4.69) is 15.3 Å². The molecule has 3 saturated carbocycles. The van der Waals surface area contributed by atoms with Crippen molar-refractivity contribution in [3.8, 4) is 0 Å². The lowest BCUT2D eigenvalue weighted by Gasteiger charge is -2.62. The normalized spacial score (nSPS) is 37.0. The van der Waals surface area contributed by atoms with Gasteiger partial charge in [-0.2, -0.15) is 4.98 Å². The number of nitrogens with one attached hydrogen (secondary N) is 1. The number of anilines is 1. The van der Waals surface area contributed by atoms with E-state index < -0.39 is 10.8 Å². The number of halogens is 1. The fraction of sp³-hybridized carbons (Fsp3) is 0.636. The lowest BCUT2D eigenvalue weighted by atomic mass is 9.50. The van der Waals surface area contributed by atoms with Gasteiger partial charge in [-0.15, -0.1) is 0 Å². The van der Waals surface area contributed by atoms with Crippen molar-refractivity contribution in [2.45, 2.75) is 36.1 Å². The molecular weight excluding hydrogens is 258 g/mol. The van der Waals surface area contributed by atoms with Crippen molar-refractivity contribution in [1.82, 2.24) is 9.97 Å². The number of hydrogen-bond acceptors (Lipinski definition) is 4. The number of hydrogen-bond donors (Lipinski definition) is 1. The molecule has 17 heavy (non-hydrogen) atoms. The zero-order valence-corrected chi connectivity index (χ0v) is 10.8. The number of fused-ring (bicyclic) bond motifs is 1. The van der Waals surface area contributed by atoms with Crippen molar-refractivity contribution in [3.63, 3.8) is 0 Å². The zero-order chi connectivity index (χ0) is 11.6. The smallest absolute Gasteiger partial charge is 0.224 e. The molecule has 4 nitrogen and oxygen atoms in total. The molecule has 2 bridgehead atoms. The van der Waals surface area contributed by atoms with Crippen LogP contribution in [0, 0.1) is 5.92 Å². The number of aryl methyl sites for hydroxylation is 1. The maximum absolute atomic E-state index is 12.0. The Morgan fingerprint density at radius 2 is 2.12 bits per heavy atom. The maximum Gasteiger partial charge on any atom is 0.224 e. The summed E-state index contributed by atoms with van der Waals surface area (Å²) in [5.74, 6) is 2.27. The quantitative estimate of drug-likeness (QED) is 0.832. The Balaban J connectivity index is 1.76. The fourth-order valence-electron chi connectivity index (χ4n) is 3.13. The van der Waals surface area contributed by atoms with Gasteiger partial charge in [-0.1, -0.05) is 0 Å². The molecule has 1 aliphatic heterocycles. The molecule has 1 atom stereocenters. The molecule has 5 rings (SSSR count). The van der Waals surface area contributed by atoms with Crippen LogP contribution in [-0.4, -0.2) is 25.5 Å². The molecule has 0 aromatic carbocycles. The largest absolute Gasteiger partial charge is 0.363 e. The van der Waals surface area contributed by atoms with Gasteiger partial charge >= 0.3 is 0 Å². The van der Waals surface area contributed by atoms with Crippen LogP contribution < -0.4 is 5.32 Å². The first-order valence-electron chi connectivity index (χ1n) is 5.88. The predicted octanol–water partition coefficient (Wildman–Crippen LogP) is 1.76. The molecule has 1 aromatic rings. The summed E-state index contributed by atoms with van der Waals surface area (Å²) in [6.45, 7) is 0. The Kier molecular flexibility index (Phi) is 1.93. The standard InChI is InChI=1S/C11H12ClN3OS/c12-10-13-7-1-2-17(16)8(7)9(14-10)15-11-3-6(4-11)5-11/h6H,1-5H2,(H,13,14,15)/t6?,11?,17-/m0/s1. The van der Waals surface area contributed by atoms with Gasteiger partial charge < -0.3 is 5.32 Å². The lowest BCUT2D eigenvalue weighted by molar-refractivity contribution is 0.00158. The van der Waals surface area contributed by atoms with Gasteiger partial charge in [0.15, 0.2) is 0 Å². The van der Waals surface area contributed by atoms with Gasteiger partial charge in [-0.25, -0.2) is 4.98 Å². The van der Waals surface area contributed by atoms with Crippen molar-refractivity contribution in [1.29, 1.82) is 0 Å². The summed E-state index contributed by atoms with van der Waals surface area (Å²) in [6.07, 6.45) is 4.40. The highest BCUT2D eigenvalue weighted by molar-refractivity contribution is 7.85. The van der Waals surface area contributed by atoms with E-state index in [0.29, 0.717) is 11.6 Å². The van der Waals surface area contributed by atoms with E-state index in [1.807, 2.05) is 0 Å². The average Bonchev–Trinajstić information content (AvgIpc) is 2.51. The van der Waals surface area contributed by atoms with Crippen LogP contribution in [0.15, 0.2) is 4.90 Å². The van der Waals surface area contributed by atoms with E-state index in [1.165, 1.54) is 19.3 Å². The van der Waals surface area contributed by atoms with Gasteiger partial charge in [0.25, 0.3) is 0 Å². The number of nitrogens with zero attached hydrogens (tertiary/aromatic N) is 2. The molecule has 1 aromatic heterocycles. The summed E-state index contributed by atoms with van der Waals surface area (Å²) in [5.41, 5.74) is 1.08. The molecule has 90 valence electrons. The minimum Gasteiger partial charge on any atom is -0.363 e. The highest BCUT2D eigenvalue weighted by Crippen LogP contribution is 2.58. The number of aromatic nitrogens is 2. The van der Waals surface area contributed by atoms with E-state index in [1.54, 1.807) is 0 Å². The van der Waals surface area contributed by atoms with E-state index in [-0.39, 0.29) is 10.8 Å². The summed E-state index contributed by atoms with van der Waals surface area (Å²) in [7, 11) is -0.959. The van der Waals surface area contributed by atoms with E-state index in [4.69, 9.17) is 11.6 Å². The van der Waals surface area contributed by atoms with E-state index in [0.717, 1.165) is 22.9 Å². The molecule has 0 spiro atoms. The summed E-state index contributed by atoms with van der Waals surface area (Å²) < 4.78 is 12.0. The SMILES string of the molecule is O=[S@]1CCc2nc(Cl)nc(NC34CC(C3)C4)c21. The van der Waals surface area contributed by atoms with Crippen LogP contribution in [0.5, 0.6) is 0 Å². The molecule has 0 amide bonds. The Bertz CT molecular complexity index is 531. The molecule has 0 unspecified atom stereocenters. The molecule has 0 saturated heterocycles. The van der Waals surface area contributed by atoms with Crippen molar-refractivity contribution in [2.75, 3.05) is 11.1 Å². The summed E-state index contributed by atoms with van der Waals surface area (Å²) in [4.78, 5) is 9.20. The van der Waals surface area contributed by atoms with Gasteiger partial charge in [-0.3, -0.25) is 4.21 Å². The van der Waals surface area contributed by atoms with Crippen LogP contribution in [0.3, 0.4) is 0 Å². The molecule has 6 heteroatoms. The molecular formula is C11H12ClN3OS. The highest BCUT2D eigenvalue weighted by Gasteiger charge is 2.57. The monoisotopic (exact) mass is 269 g/mol. The summed E-state index contributed by atoms with van der Waals surface area (Å²) >= 11 is 5.92. The van der Waals surface area contributed by atoms with Crippen LogP contribution in [0.4, 0.5) is 5.82 Å². The first kappa shape index (κ1) is 10.3. The van der Waals surface area contributed by atoms with Gasteiger partial charge in [-0.05, 0) is 36.8 Å². The van der Waals surface area contributed by atoms with Crippen LogP contribution in [-0.2, 0) is 17.2 Å². The van der Waals surface area contributed by atoms with Crippen molar-refractivity contribution >= 4 is 28.2 Å². The van der Waals surface area contributed by atoms with Gasteiger partial charge in [0, 0.05) is 17.7 Å². The second-order valence-corrected chi connectivity index (χ2v) is 7.15. The molecule has 4 aliphatic rings. The van der Waals surface area contributed by atoms with Gasteiger partial charge in [0.2, 0.25) is 5.28 Å². The van der Waals surface area contributed by atoms with E-state index in [9.17, 15) is 4.21 Å². The number of rotatable bonds is 2. The predicted molar refractivity (Wildman–Crippen MR) is 65.7 cm³/mol. The summed E-state index contributed by atoms with van der Waals surface area (Å²) in [6, 6.07) is 0. The molecule has 2 heterocycles. The molecule has 3 aliphatic carbocycles. The van der Waals surface area contributed by atoms with Crippen LogP contribution in [0.2, 0.25) is 5.28 Å². The minimum absolute atomic E-state index is 0.225. The Hall–Kier alpha value is -0.680. The topological polar surface area (TPSA) is 54.9 Å². The Morgan fingerprint density at radius 1 is 1.35 bits per heavy atom. The fourth-order valence-corrected chi connectivity index (χ4v) is 4.63. The zero-order valence-electron chi connectivity index (χ0n) is 9.20. The average molecular weight is 270 g/mol. The van der Waals surface area contributed by atoms with Crippen LogP contribution in [0.1, 0.15) is 25.0 Å². The molecule has 3 fully saturated rings. The second kappa shape index (κ2) is 3.20. The summed E-state index contributed by atoms with van der Waals surface area (Å²) in [5, 5.41) is 3.72. The van der Waals surface area contributed by atoms with Gasteiger partial charge in [0.1, 0.15) is 10.7 Å². The van der Waals surface area contributed by atoms with Crippen LogP contribution >= 0.6 is 11.6 Å². The Morgan fingerprint density at radius 3 is 2.76 bits per heavy atom. The third-order valence-electron chi connectivity index (χ3n) is 4.08. The lowest BCUT2D eigenvalue weighted by Crippen LogP contribution is -2.63. The maximum atomic E-state index is 12.0. The highest BCUT2D eigenvalue weighted by atomic mass is 35.5. The Labute approximate surface area is 107 Å². The van der Waals surface area contributed by atoms with Crippen molar-refractivity contribution in [3.05, 3.63) is 11.0 Å². The van der Waals surface area contributed by atoms with Crippen molar-refractivity contribution in [2.24, 2.45) is 5.92 Å². The molecule has 0 radical (unpaired) electrons. The third-order valence-corrected chi connectivity index (χ3v) is 5.71. The second-order valence-electron chi connectivity index (χ2n) is 5.30. The first-order chi connectivity index (χ1) is 8.15. The van der Waals surface area contributed by atoms with E-state index >= 15 is 0 Å². The minimum atomic E-state index is -0.959.